The van der Waals surface area contributed by atoms with Crippen LogP contribution in [0.1, 0.15) is 15.9 Å². The van der Waals surface area contributed by atoms with Crippen LogP contribution < -0.4 is 10.6 Å². The first kappa shape index (κ1) is 31.1. The van der Waals surface area contributed by atoms with Gasteiger partial charge >= 0.3 is 24.3 Å². The van der Waals surface area contributed by atoms with Gasteiger partial charge in [-0.2, -0.15) is 26.3 Å². The second-order valence-corrected chi connectivity index (χ2v) is 8.83. The van der Waals surface area contributed by atoms with Crippen molar-refractivity contribution in [1.82, 2.24) is 14.9 Å². The number of amides is 1. The molecule has 0 atom stereocenters. The monoisotopic (exact) mass is 581 g/mol. The molecule has 17 heteroatoms. The van der Waals surface area contributed by atoms with Gasteiger partial charge in [0.2, 0.25) is 0 Å². The minimum Gasteiger partial charge on any atom is -0.475 e. The standard InChI is InChI=1S/C18H19N5OS.2C2HF3O2/c1-12-3-2-6-20-16(12)22-7-9-23(10-8-22)17(24)13-4-5-15-14(11-13)21-18(19)25-15;2*3-2(4,5)1(6)7/h2-6,11H,7-10H2,1H3,(H2,19,21);2*(H,6,7). The number of benzene rings is 1. The van der Waals surface area contributed by atoms with E-state index in [1.54, 1.807) is 0 Å². The number of piperazine rings is 1. The Balaban J connectivity index is 0.000000317. The number of thiazole rings is 1. The van der Waals surface area contributed by atoms with Gasteiger partial charge < -0.3 is 25.7 Å². The number of carbonyl (C=O) groups is 3. The molecular weight excluding hydrogens is 560 g/mol. The highest BCUT2D eigenvalue weighted by Crippen LogP contribution is 2.25. The van der Waals surface area contributed by atoms with Crippen LogP contribution in [-0.4, -0.2) is 81.5 Å². The first-order valence-corrected chi connectivity index (χ1v) is 11.5. The summed E-state index contributed by atoms with van der Waals surface area (Å²) in [6, 6.07) is 9.62. The Morgan fingerprint density at radius 3 is 1.97 bits per heavy atom. The van der Waals surface area contributed by atoms with Gasteiger partial charge in [0, 0.05) is 37.9 Å². The second kappa shape index (κ2) is 12.6. The van der Waals surface area contributed by atoms with Gasteiger partial charge in [0.1, 0.15) is 5.82 Å². The lowest BCUT2D eigenvalue weighted by molar-refractivity contribution is -0.193. The number of carbonyl (C=O) groups excluding carboxylic acids is 1. The van der Waals surface area contributed by atoms with E-state index in [1.807, 2.05) is 35.4 Å². The summed E-state index contributed by atoms with van der Waals surface area (Å²) in [6.45, 7) is 5.01. The van der Waals surface area contributed by atoms with Gasteiger partial charge in [0.05, 0.1) is 10.2 Å². The topological polar surface area (TPSA) is 150 Å². The lowest BCUT2D eigenvalue weighted by atomic mass is 10.1. The van der Waals surface area contributed by atoms with E-state index in [0.717, 1.165) is 34.7 Å². The number of hydrogen-bond acceptors (Lipinski definition) is 8. The first-order chi connectivity index (χ1) is 18.0. The van der Waals surface area contributed by atoms with Crippen LogP contribution in [0.4, 0.5) is 37.3 Å². The van der Waals surface area contributed by atoms with Gasteiger partial charge in [-0.15, -0.1) is 0 Å². The van der Waals surface area contributed by atoms with Crippen molar-refractivity contribution in [2.75, 3.05) is 36.8 Å². The number of hydrogen-bond donors (Lipinski definition) is 3. The molecule has 1 amide bonds. The average Bonchev–Trinajstić information content (AvgIpc) is 3.23. The maximum Gasteiger partial charge on any atom is 0.490 e. The number of aliphatic carboxylic acids is 2. The number of nitrogen functional groups attached to an aromatic ring is 1. The fraction of sp³-hybridized carbons (Fsp3) is 0.318. The van der Waals surface area contributed by atoms with E-state index in [-0.39, 0.29) is 5.91 Å². The number of halogens is 6. The van der Waals surface area contributed by atoms with Crippen LogP contribution in [0.3, 0.4) is 0 Å². The molecule has 3 aromatic rings. The van der Waals surface area contributed by atoms with Crippen LogP contribution >= 0.6 is 11.3 Å². The van der Waals surface area contributed by atoms with E-state index < -0.39 is 24.3 Å². The molecule has 1 aromatic carbocycles. The SMILES string of the molecule is Cc1cccnc1N1CCN(C(=O)c2ccc3sc(N)nc3c2)CC1.O=C(O)C(F)(F)F.O=C(O)C(F)(F)F. The molecular formula is C22H21F6N5O5S. The van der Waals surface area contributed by atoms with Crippen LogP contribution in [0.25, 0.3) is 10.2 Å². The number of pyridine rings is 1. The molecule has 1 fully saturated rings. The highest BCUT2D eigenvalue weighted by molar-refractivity contribution is 7.22. The number of carboxylic acid groups (broad SMARTS) is 2. The number of fused-ring (bicyclic) bond motifs is 1. The number of rotatable bonds is 2. The van der Waals surface area contributed by atoms with E-state index in [4.69, 9.17) is 25.5 Å². The molecule has 0 unspecified atom stereocenters. The van der Waals surface area contributed by atoms with Crippen molar-refractivity contribution in [2.24, 2.45) is 0 Å². The molecule has 1 saturated heterocycles. The fourth-order valence-electron chi connectivity index (χ4n) is 3.19. The van der Waals surface area contributed by atoms with Gasteiger partial charge in [-0.05, 0) is 36.8 Å². The molecule has 10 nitrogen and oxygen atoms in total. The minimum atomic E-state index is -5.08. The summed E-state index contributed by atoms with van der Waals surface area (Å²) >= 11 is 1.44. The van der Waals surface area contributed by atoms with Gasteiger partial charge in [0.25, 0.3) is 5.91 Å². The molecule has 39 heavy (non-hydrogen) atoms. The molecule has 0 aliphatic carbocycles. The maximum atomic E-state index is 12.8. The predicted molar refractivity (Wildman–Crippen MR) is 129 cm³/mol. The highest BCUT2D eigenvalue weighted by Gasteiger charge is 2.38. The molecule has 3 heterocycles. The molecule has 2 aromatic heterocycles. The maximum absolute atomic E-state index is 12.8. The molecule has 0 spiro atoms. The molecule has 4 rings (SSSR count). The van der Waals surface area contributed by atoms with Crippen molar-refractivity contribution in [3.63, 3.8) is 0 Å². The Bertz CT molecular complexity index is 1300. The van der Waals surface area contributed by atoms with Crippen molar-refractivity contribution in [3.8, 4) is 0 Å². The van der Waals surface area contributed by atoms with E-state index in [9.17, 15) is 31.1 Å². The number of nitrogens with two attached hydrogens (primary N) is 1. The summed E-state index contributed by atoms with van der Waals surface area (Å²) in [4.78, 5) is 43.5. The molecule has 0 saturated carbocycles. The smallest absolute Gasteiger partial charge is 0.475 e. The van der Waals surface area contributed by atoms with Crippen LogP contribution in [-0.2, 0) is 9.59 Å². The number of alkyl halides is 6. The van der Waals surface area contributed by atoms with Gasteiger partial charge in [0.15, 0.2) is 5.13 Å². The third-order valence-corrected chi connectivity index (χ3v) is 5.85. The van der Waals surface area contributed by atoms with Gasteiger partial charge in [-0.25, -0.2) is 19.6 Å². The summed E-state index contributed by atoms with van der Waals surface area (Å²) in [5.74, 6) is -4.46. The normalized spacial score (nSPS) is 13.6. The molecule has 1 aliphatic rings. The summed E-state index contributed by atoms with van der Waals surface area (Å²) in [6.07, 6.45) is -8.35. The van der Waals surface area contributed by atoms with Crippen molar-refractivity contribution in [3.05, 3.63) is 47.7 Å². The number of carboxylic acids is 2. The van der Waals surface area contributed by atoms with E-state index in [0.29, 0.717) is 23.8 Å². The van der Waals surface area contributed by atoms with E-state index in [2.05, 4.69) is 27.9 Å². The lowest BCUT2D eigenvalue weighted by Crippen LogP contribution is -2.49. The van der Waals surface area contributed by atoms with Crippen LogP contribution in [0, 0.1) is 6.92 Å². The number of aryl methyl sites for hydroxylation is 1. The van der Waals surface area contributed by atoms with Crippen molar-refractivity contribution in [2.45, 2.75) is 19.3 Å². The number of nitrogens with zero attached hydrogens (tertiary/aromatic N) is 4. The third kappa shape index (κ3) is 8.98. The van der Waals surface area contributed by atoms with Gasteiger partial charge in [-0.1, -0.05) is 17.4 Å². The summed E-state index contributed by atoms with van der Waals surface area (Å²) in [7, 11) is 0. The lowest BCUT2D eigenvalue weighted by Gasteiger charge is -2.36. The average molecular weight is 581 g/mol. The van der Waals surface area contributed by atoms with E-state index >= 15 is 0 Å². The Morgan fingerprint density at radius 2 is 1.49 bits per heavy atom. The summed E-state index contributed by atoms with van der Waals surface area (Å²) in [5.41, 5.74) is 8.36. The minimum absolute atomic E-state index is 0.0471. The largest absolute Gasteiger partial charge is 0.490 e. The van der Waals surface area contributed by atoms with Crippen molar-refractivity contribution < 1.29 is 50.9 Å². The third-order valence-electron chi connectivity index (χ3n) is 4.98. The molecule has 1 aliphatic heterocycles. The molecule has 4 N–H and O–H groups in total. The zero-order valence-corrected chi connectivity index (χ0v) is 20.8. The van der Waals surface area contributed by atoms with Crippen LogP contribution in [0.5, 0.6) is 0 Å². The van der Waals surface area contributed by atoms with Crippen molar-refractivity contribution in [1.29, 1.82) is 0 Å². The van der Waals surface area contributed by atoms with Crippen LogP contribution in [0.15, 0.2) is 36.5 Å². The zero-order valence-electron chi connectivity index (χ0n) is 20.0. The van der Waals surface area contributed by atoms with Crippen molar-refractivity contribution >= 4 is 50.3 Å². The Kier molecular flexibility index (Phi) is 10.0. The summed E-state index contributed by atoms with van der Waals surface area (Å²) in [5, 5.41) is 14.8. The molecule has 0 bridgehead atoms. The Hall–Kier alpha value is -4.15. The number of aromatic nitrogens is 2. The van der Waals surface area contributed by atoms with Crippen LogP contribution in [0.2, 0.25) is 0 Å². The first-order valence-electron chi connectivity index (χ1n) is 10.7. The Labute approximate surface area is 220 Å². The van der Waals surface area contributed by atoms with E-state index in [1.165, 1.54) is 11.3 Å². The molecule has 0 radical (unpaired) electrons. The highest BCUT2D eigenvalue weighted by atomic mass is 32.1. The number of anilines is 2. The fourth-order valence-corrected chi connectivity index (χ4v) is 3.91. The zero-order chi connectivity index (χ0) is 29.5. The summed E-state index contributed by atoms with van der Waals surface area (Å²) < 4.78 is 64.5. The second-order valence-electron chi connectivity index (χ2n) is 7.76. The predicted octanol–water partition coefficient (Wildman–Crippen LogP) is 3.81. The quantitative estimate of drug-likeness (QED) is 0.384. The molecule has 212 valence electrons. The Morgan fingerprint density at radius 1 is 0.949 bits per heavy atom. The van der Waals surface area contributed by atoms with Gasteiger partial charge in [-0.3, -0.25) is 4.79 Å².